The number of carbonyl (C=O) groups is 1. The van der Waals surface area contributed by atoms with Crippen LogP contribution in [0.5, 0.6) is 11.5 Å². The Kier molecular flexibility index (Phi) is 7.12. The maximum atomic E-state index is 12.4. The molecule has 0 spiro atoms. The van der Waals surface area contributed by atoms with Crippen molar-refractivity contribution in [2.45, 2.75) is 18.9 Å². The molecule has 3 rings (SSSR count). The predicted octanol–water partition coefficient (Wildman–Crippen LogP) is 3.51. The molecule has 3 N–H and O–H groups in total. The van der Waals surface area contributed by atoms with Gasteiger partial charge in [0, 0.05) is 18.2 Å². The predicted molar refractivity (Wildman–Crippen MR) is 104 cm³/mol. The third kappa shape index (κ3) is 5.03. The molecule has 140 valence electrons. The third-order valence-electron chi connectivity index (χ3n) is 4.09. The van der Waals surface area contributed by atoms with E-state index in [1.54, 1.807) is 49.6 Å². The highest BCUT2D eigenvalue weighted by molar-refractivity contribution is 6.05. The van der Waals surface area contributed by atoms with Crippen LogP contribution in [0, 0.1) is 0 Å². The Labute approximate surface area is 159 Å². The van der Waals surface area contributed by atoms with Crippen LogP contribution in [0.25, 0.3) is 0 Å². The average Bonchev–Trinajstić information content (AvgIpc) is 3.16. The number of anilines is 2. The molecule has 2 aromatic rings. The van der Waals surface area contributed by atoms with Gasteiger partial charge in [-0.2, -0.15) is 0 Å². The Balaban J connectivity index is 0.00000243. The SMILES string of the molecule is COc1ccc(N)c(NC(=O)c2ccc(OCC3CCCO3)cc2)c1.Cl. The molecule has 26 heavy (non-hydrogen) atoms. The highest BCUT2D eigenvalue weighted by atomic mass is 35.5. The summed E-state index contributed by atoms with van der Waals surface area (Å²) >= 11 is 0. The molecule has 1 saturated heterocycles. The van der Waals surface area contributed by atoms with Gasteiger partial charge in [0.25, 0.3) is 5.91 Å². The lowest BCUT2D eigenvalue weighted by Gasteiger charge is -2.12. The largest absolute Gasteiger partial charge is 0.497 e. The summed E-state index contributed by atoms with van der Waals surface area (Å²) in [6.45, 7) is 1.34. The third-order valence-corrected chi connectivity index (χ3v) is 4.09. The van der Waals surface area contributed by atoms with E-state index < -0.39 is 0 Å². The van der Waals surface area contributed by atoms with Crippen molar-refractivity contribution in [2.24, 2.45) is 0 Å². The van der Waals surface area contributed by atoms with Crippen molar-refractivity contribution in [3.63, 3.8) is 0 Å². The number of nitrogens with one attached hydrogen (secondary N) is 1. The van der Waals surface area contributed by atoms with Crippen LogP contribution in [-0.2, 0) is 4.74 Å². The molecule has 1 unspecified atom stereocenters. The van der Waals surface area contributed by atoms with Crippen molar-refractivity contribution in [3.05, 3.63) is 48.0 Å². The quantitative estimate of drug-likeness (QED) is 0.751. The van der Waals surface area contributed by atoms with Crippen molar-refractivity contribution in [2.75, 3.05) is 31.4 Å². The van der Waals surface area contributed by atoms with Crippen LogP contribution in [0.4, 0.5) is 11.4 Å². The molecule has 1 aliphatic rings. The van der Waals surface area contributed by atoms with E-state index in [0.29, 0.717) is 35.0 Å². The van der Waals surface area contributed by atoms with Crippen LogP contribution in [-0.4, -0.2) is 32.3 Å². The number of benzene rings is 2. The molecule has 0 saturated carbocycles. The topological polar surface area (TPSA) is 82.8 Å². The highest BCUT2D eigenvalue weighted by Gasteiger charge is 2.16. The monoisotopic (exact) mass is 378 g/mol. The van der Waals surface area contributed by atoms with Gasteiger partial charge in [-0.25, -0.2) is 0 Å². The summed E-state index contributed by atoms with van der Waals surface area (Å²) in [6, 6.07) is 12.1. The second-order valence-corrected chi connectivity index (χ2v) is 5.88. The Morgan fingerprint density at radius 3 is 2.62 bits per heavy atom. The van der Waals surface area contributed by atoms with Gasteiger partial charge in [-0.3, -0.25) is 4.79 Å². The van der Waals surface area contributed by atoms with E-state index in [0.717, 1.165) is 19.4 Å². The van der Waals surface area contributed by atoms with Gasteiger partial charge in [-0.1, -0.05) is 0 Å². The van der Waals surface area contributed by atoms with Crippen molar-refractivity contribution in [1.82, 2.24) is 0 Å². The van der Waals surface area contributed by atoms with Crippen molar-refractivity contribution in [1.29, 1.82) is 0 Å². The van der Waals surface area contributed by atoms with Gasteiger partial charge < -0.3 is 25.3 Å². The molecule has 1 aliphatic heterocycles. The fraction of sp³-hybridized carbons (Fsp3) is 0.316. The Bertz CT molecular complexity index is 731. The minimum Gasteiger partial charge on any atom is -0.497 e. The van der Waals surface area contributed by atoms with Crippen molar-refractivity contribution in [3.8, 4) is 11.5 Å². The molecule has 1 atom stereocenters. The van der Waals surface area contributed by atoms with Gasteiger partial charge in [0.2, 0.25) is 0 Å². The molecular weight excluding hydrogens is 356 g/mol. The number of hydrogen-bond acceptors (Lipinski definition) is 5. The number of ether oxygens (including phenoxy) is 3. The molecule has 1 heterocycles. The highest BCUT2D eigenvalue weighted by Crippen LogP contribution is 2.25. The summed E-state index contributed by atoms with van der Waals surface area (Å²) in [7, 11) is 1.56. The summed E-state index contributed by atoms with van der Waals surface area (Å²) in [6.07, 6.45) is 2.28. The van der Waals surface area contributed by atoms with Crippen LogP contribution in [0.1, 0.15) is 23.2 Å². The van der Waals surface area contributed by atoms with Crippen LogP contribution < -0.4 is 20.5 Å². The molecule has 1 amide bonds. The average molecular weight is 379 g/mol. The fourth-order valence-corrected chi connectivity index (χ4v) is 2.63. The summed E-state index contributed by atoms with van der Waals surface area (Å²) in [5.74, 6) is 1.10. The van der Waals surface area contributed by atoms with Gasteiger partial charge in [-0.05, 0) is 49.2 Å². The summed E-state index contributed by atoms with van der Waals surface area (Å²) in [5, 5.41) is 2.79. The lowest BCUT2D eigenvalue weighted by Crippen LogP contribution is -2.16. The lowest BCUT2D eigenvalue weighted by atomic mass is 10.2. The van der Waals surface area contributed by atoms with Crippen molar-refractivity contribution < 1.29 is 19.0 Å². The number of nitrogens with two attached hydrogens (primary N) is 1. The van der Waals surface area contributed by atoms with Gasteiger partial charge in [0.05, 0.1) is 24.6 Å². The minimum atomic E-state index is -0.245. The molecule has 2 aromatic carbocycles. The van der Waals surface area contributed by atoms with E-state index in [-0.39, 0.29) is 24.4 Å². The maximum absolute atomic E-state index is 12.4. The number of rotatable bonds is 6. The van der Waals surface area contributed by atoms with Crippen LogP contribution in [0.3, 0.4) is 0 Å². The first kappa shape index (κ1) is 19.9. The first-order valence-electron chi connectivity index (χ1n) is 8.25. The molecule has 1 fully saturated rings. The van der Waals surface area contributed by atoms with Crippen LogP contribution in [0.2, 0.25) is 0 Å². The number of amides is 1. The van der Waals surface area contributed by atoms with E-state index in [1.165, 1.54) is 0 Å². The molecule has 0 aromatic heterocycles. The van der Waals surface area contributed by atoms with Crippen LogP contribution >= 0.6 is 12.4 Å². The fourth-order valence-electron chi connectivity index (χ4n) is 2.63. The Hall–Kier alpha value is -2.44. The van der Waals surface area contributed by atoms with Crippen molar-refractivity contribution >= 4 is 29.7 Å². The normalized spacial score (nSPS) is 15.8. The Morgan fingerprint density at radius 2 is 1.96 bits per heavy atom. The van der Waals surface area contributed by atoms with E-state index in [2.05, 4.69) is 5.32 Å². The number of nitrogen functional groups attached to an aromatic ring is 1. The molecular formula is C19H23ClN2O4. The van der Waals surface area contributed by atoms with Gasteiger partial charge in [0.15, 0.2) is 0 Å². The van der Waals surface area contributed by atoms with Gasteiger partial charge in [0.1, 0.15) is 18.1 Å². The molecule has 0 bridgehead atoms. The zero-order valence-corrected chi connectivity index (χ0v) is 15.4. The molecule has 6 nitrogen and oxygen atoms in total. The molecule has 7 heteroatoms. The number of hydrogen-bond donors (Lipinski definition) is 2. The Morgan fingerprint density at radius 1 is 1.23 bits per heavy atom. The zero-order chi connectivity index (χ0) is 17.6. The van der Waals surface area contributed by atoms with E-state index in [4.69, 9.17) is 19.9 Å². The first-order valence-corrected chi connectivity index (χ1v) is 8.25. The maximum Gasteiger partial charge on any atom is 0.255 e. The second-order valence-electron chi connectivity index (χ2n) is 5.88. The van der Waals surface area contributed by atoms with E-state index >= 15 is 0 Å². The molecule has 0 radical (unpaired) electrons. The van der Waals surface area contributed by atoms with E-state index in [9.17, 15) is 4.79 Å². The van der Waals surface area contributed by atoms with Crippen LogP contribution in [0.15, 0.2) is 42.5 Å². The number of halogens is 1. The van der Waals surface area contributed by atoms with Gasteiger partial charge in [-0.15, -0.1) is 12.4 Å². The summed E-state index contributed by atoms with van der Waals surface area (Å²) in [4.78, 5) is 12.4. The first-order chi connectivity index (χ1) is 12.2. The smallest absolute Gasteiger partial charge is 0.255 e. The second kappa shape index (κ2) is 9.31. The number of methoxy groups -OCH3 is 1. The molecule has 0 aliphatic carbocycles. The summed E-state index contributed by atoms with van der Waals surface area (Å²) < 4.78 is 16.4. The lowest BCUT2D eigenvalue weighted by molar-refractivity contribution is 0.0679. The summed E-state index contributed by atoms with van der Waals surface area (Å²) in [5.41, 5.74) is 7.41. The zero-order valence-electron chi connectivity index (χ0n) is 14.6. The standard InChI is InChI=1S/C19H22N2O4.ClH/c1-23-15-8-9-17(20)18(11-15)21-19(22)13-4-6-14(7-5-13)25-12-16-3-2-10-24-16;/h4-9,11,16H,2-3,10,12,20H2,1H3,(H,21,22);1H. The van der Waals surface area contributed by atoms with Gasteiger partial charge >= 0.3 is 0 Å². The van der Waals surface area contributed by atoms with E-state index in [1.807, 2.05) is 0 Å². The number of carbonyl (C=O) groups excluding carboxylic acids is 1. The minimum absolute atomic E-state index is 0.